The number of aryl methyl sites for hydroxylation is 1. The van der Waals surface area contributed by atoms with Crippen LogP contribution in [0.4, 0.5) is 0 Å². The van der Waals surface area contributed by atoms with Crippen LogP contribution in [0.3, 0.4) is 0 Å². The van der Waals surface area contributed by atoms with E-state index >= 15 is 0 Å². The summed E-state index contributed by atoms with van der Waals surface area (Å²) in [5.41, 5.74) is 3.86. The molecule has 3 heteroatoms. The molecule has 0 aliphatic heterocycles. The summed E-state index contributed by atoms with van der Waals surface area (Å²) in [5.74, 6) is 0. The first-order valence-electron chi connectivity index (χ1n) is 10.6. The molecular formula is C28H24N2Si. The van der Waals surface area contributed by atoms with Crippen molar-refractivity contribution in [2.75, 3.05) is 0 Å². The third kappa shape index (κ3) is 3.21. The van der Waals surface area contributed by atoms with E-state index in [1.807, 2.05) is 30.5 Å². The average molecular weight is 417 g/mol. The Morgan fingerprint density at radius 1 is 0.774 bits per heavy atom. The van der Waals surface area contributed by atoms with Gasteiger partial charge in [-0.25, -0.2) is 0 Å². The SMILES string of the molecule is Cc1cc2c(-c3cc(C#N)c4ccccc4c3)nccc2c2ccc([Si](C)(C)C)cc12. The second-order valence-electron chi connectivity index (χ2n) is 9.32. The number of nitrogens with zero attached hydrogens (tertiary/aromatic N) is 2. The van der Waals surface area contributed by atoms with Crippen molar-refractivity contribution in [1.29, 1.82) is 5.26 Å². The maximum atomic E-state index is 9.73. The molecule has 0 saturated carbocycles. The van der Waals surface area contributed by atoms with E-state index in [-0.39, 0.29) is 0 Å². The van der Waals surface area contributed by atoms with Crippen molar-refractivity contribution < 1.29 is 0 Å². The van der Waals surface area contributed by atoms with Gasteiger partial charge in [-0.05, 0) is 63.7 Å². The Hall–Kier alpha value is -3.48. The molecule has 0 aliphatic rings. The number of nitriles is 1. The van der Waals surface area contributed by atoms with Gasteiger partial charge in [-0.2, -0.15) is 5.26 Å². The first kappa shape index (κ1) is 19.5. The molecule has 31 heavy (non-hydrogen) atoms. The molecule has 0 spiro atoms. The second-order valence-corrected chi connectivity index (χ2v) is 14.4. The zero-order valence-corrected chi connectivity index (χ0v) is 19.3. The molecule has 150 valence electrons. The van der Waals surface area contributed by atoms with Gasteiger partial charge in [0, 0.05) is 17.1 Å². The Morgan fingerprint density at radius 3 is 2.32 bits per heavy atom. The standard InChI is InChI=1S/C28H24N2Si/c1-18-13-27-25(24-10-9-22(16-26(18)24)31(2,3)4)11-12-30-28(27)20-14-19-7-5-6-8-23(19)21(15-20)17-29/h5-16H,1-4H3. The van der Waals surface area contributed by atoms with E-state index in [0.717, 1.165) is 27.4 Å². The zero-order chi connectivity index (χ0) is 21.8. The Morgan fingerprint density at radius 2 is 1.55 bits per heavy atom. The smallest absolute Gasteiger partial charge is 0.0998 e. The van der Waals surface area contributed by atoms with Crippen LogP contribution in [0.1, 0.15) is 11.1 Å². The first-order chi connectivity index (χ1) is 14.9. The van der Waals surface area contributed by atoms with Crippen molar-refractivity contribution in [2.45, 2.75) is 26.6 Å². The highest BCUT2D eigenvalue weighted by atomic mass is 28.3. The molecule has 0 radical (unpaired) electrons. The Balaban J connectivity index is 1.82. The molecule has 0 amide bonds. The predicted octanol–water partition coefficient (Wildman–Crippen LogP) is 6.93. The number of benzene rings is 4. The van der Waals surface area contributed by atoms with Crippen molar-refractivity contribution >= 4 is 45.6 Å². The van der Waals surface area contributed by atoms with Gasteiger partial charge >= 0.3 is 0 Å². The van der Waals surface area contributed by atoms with E-state index in [2.05, 4.69) is 75.1 Å². The van der Waals surface area contributed by atoms with Crippen LogP contribution in [0.15, 0.2) is 72.9 Å². The fraction of sp³-hybridized carbons (Fsp3) is 0.143. The number of rotatable bonds is 2. The van der Waals surface area contributed by atoms with Gasteiger partial charge in [0.1, 0.15) is 0 Å². The minimum atomic E-state index is -1.38. The lowest BCUT2D eigenvalue weighted by molar-refractivity contribution is 1.36. The van der Waals surface area contributed by atoms with Crippen LogP contribution in [0.2, 0.25) is 19.6 Å². The predicted molar refractivity (Wildman–Crippen MR) is 135 cm³/mol. The van der Waals surface area contributed by atoms with Crippen molar-refractivity contribution in [2.24, 2.45) is 0 Å². The highest BCUT2D eigenvalue weighted by Gasteiger charge is 2.18. The third-order valence-electron chi connectivity index (χ3n) is 6.21. The van der Waals surface area contributed by atoms with Gasteiger partial charge in [0.25, 0.3) is 0 Å². The molecule has 1 aromatic heterocycles. The number of hydrogen-bond donors (Lipinski definition) is 0. The maximum Gasteiger partial charge on any atom is 0.0998 e. The summed E-state index contributed by atoms with van der Waals surface area (Å²) in [6.07, 6.45) is 1.89. The van der Waals surface area contributed by atoms with Crippen molar-refractivity contribution in [1.82, 2.24) is 4.98 Å². The highest BCUT2D eigenvalue weighted by Crippen LogP contribution is 2.35. The molecule has 0 atom stereocenters. The Bertz CT molecular complexity index is 1540. The van der Waals surface area contributed by atoms with Gasteiger partial charge < -0.3 is 0 Å². The molecule has 0 saturated heterocycles. The van der Waals surface area contributed by atoms with E-state index < -0.39 is 8.07 Å². The van der Waals surface area contributed by atoms with Crippen LogP contribution >= 0.6 is 0 Å². The molecule has 0 aliphatic carbocycles. The molecular weight excluding hydrogens is 392 g/mol. The fourth-order valence-electron chi connectivity index (χ4n) is 4.49. The van der Waals surface area contributed by atoms with Crippen LogP contribution < -0.4 is 5.19 Å². The van der Waals surface area contributed by atoms with Gasteiger partial charge in [-0.3, -0.25) is 4.98 Å². The van der Waals surface area contributed by atoms with Crippen LogP contribution in [0, 0.1) is 18.3 Å². The number of fused-ring (bicyclic) bond motifs is 4. The van der Waals surface area contributed by atoms with Crippen molar-refractivity contribution in [3.8, 4) is 17.3 Å². The number of aromatic nitrogens is 1. The first-order valence-corrected chi connectivity index (χ1v) is 14.1. The summed E-state index contributed by atoms with van der Waals surface area (Å²) in [5, 5.41) is 18.2. The lowest BCUT2D eigenvalue weighted by atomic mass is 9.94. The molecule has 0 fully saturated rings. The molecule has 4 aromatic carbocycles. The van der Waals surface area contributed by atoms with Gasteiger partial charge in [0.15, 0.2) is 0 Å². The third-order valence-corrected chi connectivity index (χ3v) is 8.25. The van der Waals surface area contributed by atoms with Crippen molar-refractivity contribution in [3.05, 3.63) is 84.1 Å². The summed E-state index contributed by atoms with van der Waals surface area (Å²) >= 11 is 0. The molecule has 1 heterocycles. The minimum absolute atomic E-state index is 0.684. The van der Waals surface area contributed by atoms with Crippen molar-refractivity contribution in [3.63, 3.8) is 0 Å². The van der Waals surface area contributed by atoms with Gasteiger partial charge in [0.05, 0.1) is 25.4 Å². The fourth-order valence-corrected chi connectivity index (χ4v) is 5.65. The minimum Gasteiger partial charge on any atom is -0.256 e. The number of hydrogen-bond acceptors (Lipinski definition) is 2. The van der Waals surface area contributed by atoms with E-state index in [9.17, 15) is 5.26 Å². The lowest BCUT2D eigenvalue weighted by Gasteiger charge is -2.19. The van der Waals surface area contributed by atoms with Crippen LogP contribution in [0.25, 0.3) is 43.6 Å². The quantitative estimate of drug-likeness (QED) is 0.231. The average Bonchev–Trinajstić information content (AvgIpc) is 2.77. The summed E-state index contributed by atoms with van der Waals surface area (Å²) in [6.45, 7) is 9.35. The second kappa shape index (κ2) is 7.04. The van der Waals surface area contributed by atoms with Gasteiger partial charge in [-0.1, -0.05) is 67.3 Å². The summed E-state index contributed by atoms with van der Waals surface area (Å²) in [7, 11) is -1.38. The highest BCUT2D eigenvalue weighted by molar-refractivity contribution is 6.88. The molecule has 5 aromatic rings. The monoisotopic (exact) mass is 416 g/mol. The summed E-state index contributed by atoms with van der Waals surface area (Å²) in [4.78, 5) is 4.76. The zero-order valence-electron chi connectivity index (χ0n) is 18.3. The van der Waals surface area contributed by atoms with Crippen LogP contribution in [-0.4, -0.2) is 13.1 Å². The van der Waals surface area contributed by atoms with Gasteiger partial charge in [0.2, 0.25) is 0 Å². The van der Waals surface area contributed by atoms with Crippen LogP contribution in [-0.2, 0) is 0 Å². The summed E-state index contributed by atoms with van der Waals surface area (Å²) < 4.78 is 0. The topological polar surface area (TPSA) is 36.7 Å². The molecule has 0 unspecified atom stereocenters. The largest absolute Gasteiger partial charge is 0.256 e. The van der Waals surface area contributed by atoms with Crippen LogP contribution in [0.5, 0.6) is 0 Å². The lowest BCUT2D eigenvalue weighted by Crippen LogP contribution is -2.37. The van der Waals surface area contributed by atoms with E-state index in [4.69, 9.17) is 4.98 Å². The molecule has 2 nitrogen and oxygen atoms in total. The molecule has 5 rings (SSSR count). The maximum absolute atomic E-state index is 9.73. The normalized spacial score (nSPS) is 11.8. The van der Waals surface area contributed by atoms with E-state index in [1.165, 1.54) is 26.9 Å². The Kier molecular flexibility index (Phi) is 4.42. The van der Waals surface area contributed by atoms with E-state index in [0.29, 0.717) is 5.56 Å². The number of pyridine rings is 1. The Labute approximate surface area is 183 Å². The van der Waals surface area contributed by atoms with Gasteiger partial charge in [-0.15, -0.1) is 0 Å². The molecule has 0 N–H and O–H groups in total. The summed E-state index contributed by atoms with van der Waals surface area (Å²) in [6, 6.07) is 25.9. The molecule has 0 bridgehead atoms. The van der Waals surface area contributed by atoms with E-state index in [1.54, 1.807) is 0 Å².